The minimum absolute atomic E-state index is 0.247. The van der Waals surface area contributed by atoms with Crippen LogP contribution in [0.5, 0.6) is 0 Å². The number of benzene rings is 2. The fourth-order valence-corrected chi connectivity index (χ4v) is 2.97. The van der Waals surface area contributed by atoms with Crippen LogP contribution < -0.4 is 11.1 Å². The molecule has 0 atom stereocenters. The quantitative estimate of drug-likeness (QED) is 0.778. The number of hydrogen-bond donors (Lipinski definition) is 2. The van der Waals surface area contributed by atoms with Crippen LogP contribution in [0.3, 0.4) is 0 Å². The molecule has 2 rings (SSSR count). The third-order valence-corrected chi connectivity index (χ3v) is 3.74. The lowest BCUT2D eigenvalue weighted by Crippen LogP contribution is -2.14. The van der Waals surface area contributed by atoms with Gasteiger partial charge in [0.15, 0.2) is 0 Å². The third-order valence-electron chi connectivity index (χ3n) is 2.97. The molecule has 0 spiro atoms. The van der Waals surface area contributed by atoms with Gasteiger partial charge in [-0.05, 0) is 55.3 Å². The maximum atomic E-state index is 12.3. The minimum Gasteiger partial charge on any atom is -0.399 e. The number of carbonyl (C=O) groups excluding carboxylic acids is 1. The summed E-state index contributed by atoms with van der Waals surface area (Å²) < 4.78 is 0.982. The van der Waals surface area contributed by atoms with Gasteiger partial charge < -0.3 is 11.1 Å². The van der Waals surface area contributed by atoms with Gasteiger partial charge in [0, 0.05) is 15.8 Å². The largest absolute Gasteiger partial charge is 0.399 e. The van der Waals surface area contributed by atoms with Gasteiger partial charge in [-0.25, -0.2) is 0 Å². The van der Waals surface area contributed by atoms with Crippen LogP contribution >= 0.6 is 27.5 Å². The van der Waals surface area contributed by atoms with E-state index in [2.05, 4.69) is 21.2 Å². The molecule has 0 bridgehead atoms. The Hall–Kier alpha value is -1.52. The van der Waals surface area contributed by atoms with E-state index < -0.39 is 0 Å². The molecule has 0 aliphatic heterocycles. The Balaban J connectivity index is 2.33. The maximum absolute atomic E-state index is 12.3. The summed E-state index contributed by atoms with van der Waals surface area (Å²) in [4.78, 5) is 12.3. The van der Waals surface area contributed by atoms with E-state index in [1.165, 1.54) is 0 Å². The van der Waals surface area contributed by atoms with Crippen molar-refractivity contribution in [1.82, 2.24) is 0 Å². The fourth-order valence-electron chi connectivity index (χ4n) is 2.00. The first-order valence-electron chi connectivity index (χ1n) is 6.01. The summed E-state index contributed by atoms with van der Waals surface area (Å²) in [5, 5.41) is 3.24. The molecule has 2 aromatic carbocycles. The molecule has 2 aromatic rings. The number of nitrogens with two attached hydrogens (primary N) is 1. The molecule has 0 radical (unpaired) electrons. The second-order valence-electron chi connectivity index (χ2n) is 4.61. The standard InChI is InChI=1S/C15H14BrClN2O/c1-8-5-10(16)6-9(2)14(8)19-15(20)12-4-3-11(18)7-13(12)17/h3-7H,18H2,1-2H3,(H,19,20). The first-order valence-corrected chi connectivity index (χ1v) is 7.18. The zero-order chi connectivity index (χ0) is 14.9. The second kappa shape index (κ2) is 5.85. The molecule has 5 heteroatoms. The molecular weight excluding hydrogens is 340 g/mol. The van der Waals surface area contributed by atoms with Gasteiger partial charge in [0.05, 0.1) is 10.6 Å². The molecule has 0 fully saturated rings. The second-order valence-corrected chi connectivity index (χ2v) is 5.93. The summed E-state index contributed by atoms with van der Waals surface area (Å²) in [5.74, 6) is -0.247. The Morgan fingerprint density at radius 1 is 1.20 bits per heavy atom. The lowest BCUT2D eigenvalue weighted by molar-refractivity contribution is 0.102. The summed E-state index contributed by atoms with van der Waals surface area (Å²) in [6, 6.07) is 8.75. The molecule has 0 heterocycles. The molecule has 0 aliphatic rings. The van der Waals surface area contributed by atoms with Crippen LogP contribution in [0.15, 0.2) is 34.8 Å². The first kappa shape index (κ1) is 14.9. The van der Waals surface area contributed by atoms with Crippen LogP contribution in [0.4, 0.5) is 11.4 Å². The Morgan fingerprint density at radius 3 is 2.35 bits per heavy atom. The average molecular weight is 354 g/mol. The highest BCUT2D eigenvalue weighted by Crippen LogP contribution is 2.27. The number of nitrogen functional groups attached to an aromatic ring is 1. The van der Waals surface area contributed by atoms with E-state index in [0.717, 1.165) is 21.3 Å². The van der Waals surface area contributed by atoms with Crippen LogP contribution in [-0.4, -0.2) is 5.91 Å². The lowest BCUT2D eigenvalue weighted by Gasteiger charge is -2.13. The number of rotatable bonds is 2. The van der Waals surface area contributed by atoms with Gasteiger partial charge in [-0.2, -0.15) is 0 Å². The van der Waals surface area contributed by atoms with E-state index in [-0.39, 0.29) is 5.91 Å². The highest BCUT2D eigenvalue weighted by molar-refractivity contribution is 9.10. The van der Waals surface area contributed by atoms with Gasteiger partial charge in [0.25, 0.3) is 5.91 Å². The van der Waals surface area contributed by atoms with Crippen molar-refractivity contribution in [1.29, 1.82) is 0 Å². The van der Waals surface area contributed by atoms with Crippen LogP contribution in [0.1, 0.15) is 21.5 Å². The molecular formula is C15H14BrClN2O. The first-order chi connectivity index (χ1) is 9.38. The molecule has 20 heavy (non-hydrogen) atoms. The van der Waals surface area contributed by atoms with Crippen molar-refractivity contribution in [3.63, 3.8) is 0 Å². The van der Waals surface area contributed by atoms with Crippen molar-refractivity contribution >= 4 is 44.8 Å². The molecule has 104 valence electrons. The molecule has 0 aliphatic carbocycles. The van der Waals surface area contributed by atoms with Crippen LogP contribution in [0, 0.1) is 13.8 Å². The summed E-state index contributed by atoms with van der Waals surface area (Å²) >= 11 is 9.48. The molecule has 3 nitrogen and oxygen atoms in total. The van der Waals surface area contributed by atoms with Gasteiger partial charge in [0.1, 0.15) is 0 Å². The molecule has 0 unspecified atom stereocenters. The van der Waals surface area contributed by atoms with Gasteiger partial charge in [-0.15, -0.1) is 0 Å². The zero-order valence-corrected chi connectivity index (χ0v) is 13.5. The van der Waals surface area contributed by atoms with Gasteiger partial charge >= 0.3 is 0 Å². The highest BCUT2D eigenvalue weighted by atomic mass is 79.9. The van der Waals surface area contributed by atoms with Crippen LogP contribution in [0.25, 0.3) is 0 Å². The number of hydrogen-bond acceptors (Lipinski definition) is 2. The van der Waals surface area contributed by atoms with Crippen molar-refractivity contribution in [2.75, 3.05) is 11.1 Å². The van der Waals surface area contributed by atoms with Gasteiger partial charge in [0.2, 0.25) is 0 Å². The number of nitrogens with one attached hydrogen (secondary N) is 1. The molecule has 0 aromatic heterocycles. The topological polar surface area (TPSA) is 55.1 Å². The predicted molar refractivity (Wildman–Crippen MR) is 87.4 cm³/mol. The van der Waals surface area contributed by atoms with Crippen molar-refractivity contribution < 1.29 is 4.79 Å². The van der Waals surface area contributed by atoms with E-state index in [0.29, 0.717) is 16.3 Å². The molecule has 0 saturated heterocycles. The Labute approximate surface area is 131 Å². The van der Waals surface area contributed by atoms with Crippen molar-refractivity contribution in [2.24, 2.45) is 0 Å². The number of amides is 1. The smallest absolute Gasteiger partial charge is 0.257 e. The minimum atomic E-state index is -0.247. The number of carbonyl (C=O) groups is 1. The monoisotopic (exact) mass is 352 g/mol. The lowest BCUT2D eigenvalue weighted by atomic mass is 10.1. The van der Waals surface area contributed by atoms with Crippen molar-refractivity contribution in [3.05, 3.63) is 56.5 Å². The Morgan fingerprint density at radius 2 is 1.80 bits per heavy atom. The number of anilines is 2. The van der Waals surface area contributed by atoms with Crippen molar-refractivity contribution in [2.45, 2.75) is 13.8 Å². The van der Waals surface area contributed by atoms with Gasteiger partial charge in [-0.3, -0.25) is 4.79 Å². The van der Waals surface area contributed by atoms with E-state index in [4.69, 9.17) is 17.3 Å². The van der Waals surface area contributed by atoms with E-state index >= 15 is 0 Å². The molecule has 0 saturated carbocycles. The molecule has 1 amide bonds. The number of aryl methyl sites for hydroxylation is 2. The molecule has 3 N–H and O–H groups in total. The Bertz CT molecular complexity index is 663. The Kier molecular flexibility index (Phi) is 4.35. The van der Waals surface area contributed by atoms with Crippen LogP contribution in [-0.2, 0) is 0 Å². The van der Waals surface area contributed by atoms with E-state index in [1.807, 2.05) is 26.0 Å². The normalized spacial score (nSPS) is 10.4. The number of halogens is 2. The SMILES string of the molecule is Cc1cc(Br)cc(C)c1NC(=O)c1ccc(N)cc1Cl. The summed E-state index contributed by atoms with van der Waals surface area (Å²) in [6.45, 7) is 3.88. The van der Waals surface area contributed by atoms with E-state index in [9.17, 15) is 4.79 Å². The summed E-state index contributed by atoms with van der Waals surface area (Å²) in [6.07, 6.45) is 0. The fraction of sp³-hybridized carbons (Fsp3) is 0.133. The highest BCUT2D eigenvalue weighted by Gasteiger charge is 2.13. The summed E-state index contributed by atoms with van der Waals surface area (Å²) in [7, 11) is 0. The zero-order valence-electron chi connectivity index (χ0n) is 11.1. The third kappa shape index (κ3) is 3.14. The summed E-state index contributed by atoms with van der Waals surface area (Å²) in [5.41, 5.74) is 9.32. The van der Waals surface area contributed by atoms with Crippen molar-refractivity contribution in [3.8, 4) is 0 Å². The maximum Gasteiger partial charge on any atom is 0.257 e. The predicted octanol–water partition coefficient (Wildman–Crippen LogP) is 4.55. The van der Waals surface area contributed by atoms with E-state index in [1.54, 1.807) is 18.2 Å². The van der Waals surface area contributed by atoms with Gasteiger partial charge in [-0.1, -0.05) is 27.5 Å². The van der Waals surface area contributed by atoms with Crippen LogP contribution in [0.2, 0.25) is 5.02 Å². The average Bonchev–Trinajstić information content (AvgIpc) is 2.33.